The fourth-order valence-electron chi connectivity index (χ4n) is 4.07. The maximum absolute atomic E-state index is 11.5. The van der Waals surface area contributed by atoms with Gasteiger partial charge in [-0.1, -0.05) is 60.7 Å². The van der Waals surface area contributed by atoms with Gasteiger partial charge in [0.2, 0.25) is 0 Å². The van der Waals surface area contributed by atoms with E-state index in [9.17, 15) is 19.8 Å². The van der Waals surface area contributed by atoms with Gasteiger partial charge in [0.15, 0.2) is 0 Å². The van der Waals surface area contributed by atoms with Crippen LogP contribution in [0.5, 0.6) is 0 Å². The maximum atomic E-state index is 11.5. The first kappa shape index (κ1) is 21.1. The number of rotatable bonds is 2. The summed E-state index contributed by atoms with van der Waals surface area (Å²) >= 11 is 0. The molecule has 0 saturated carbocycles. The van der Waals surface area contributed by atoms with Crippen molar-refractivity contribution in [2.75, 3.05) is 0 Å². The third kappa shape index (κ3) is 2.84. The molecule has 0 radical (unpaired) electrons. The normalized spacial score (nSPS) is 10.9. The second-order valence-corrected chi connectivity index (χ2v) is 6.35. The van der Waals surface area contributed by atoms with Crippen molar-refractivity contribution in [3.63, 3.8) is 0 Å². The minimum atomic E-state index is -1.22. The molecule has 0 heterocycles. The van der Waals surface area contributed by atoms with Crippen LogP contribution in [0.1, 0.15) is 20.7 Å². The molecular weight excluding hydrogens is 374 g/mol. The van der Waals surface area contributed by atoms with Crippen molar-refractivity contribution in [3.8, 4) is 0 Å². The molecule has 0 fully saturated rings. The molecule has 0 aliphatic heterocycles. The van der Waals surface area contributed by atoms with Crippen molar-refractivity contribution in [1.82, 2.24) is 0 Å². The van der Waals surface area contributed by atoms with Gasteiger partial charge in [0.05, 0.1) is 11.9 Å². The molecule has 0 aliphatic carbocycles. The van der Waals surface area contributed by atoms with Crippen molar-refractivity contribution in [3.05, 3.63) is 71.8 Å². The zero-order chi connectivity index (χ0) is 18.0. The Morgan fingerprint density at radius 3 is 1.18 bits per heavy atom. The van der Waals surface area contributed by atoms with Crippen LogP contribution >= 0.6 is 0 Å². The van der Waals surface area contributed by atoms with E-state index in [1.807, 2.05) is 12.1 Å². The van der Waals surface area contributed by atoms with Gasteiger partial charge in [-0.15, -0.1) is 0 Å². The van der Waals surface area contributed by atoms with Crippen LogP contribution in [0.4, 0.5) is 0 Å². The van der Waals surface area contributed by atoms with Crippen LogP contribution in [0.2, 0.25) is 0 Å². The quantitative estimate of drug-likeness (QED) is 0.180. The predicted molar refractivity (Wildman–Crippen MR) is 96.3 cm³/mol. The molecular formula is C22H10Na2O4. The van der Waals surface area contributed by atoms with E-state index in [4.69, 9.17) is 0 Å². The van der Waals surface area contributed by atoms with Crippen molar-refractivity contribution in [2.45, 2.75) is 0 Å². The first-order chi connectivity index (χ1) is 12.6. The predicted octanol–water partition coefficient (Wildman–Crippen LogP) is -3.53. The minimum absolute atomic E-state index is 0. The molecule has 124 valence electrons. The first-order valence-corrected chi connectivity index (χ1v) is 8.13. The Morgan fingerprint density at radius 1 is 0.500 bits per heavy atom. The maximum Gasteiger partial charge on any atom is 1.00 e. The van der Waals surface area contributed by atoms with Gasteiger partial charge in [0.25, 0.3) is 0 Å². The molecule has 4 nitrogen and oxygen atoms in total. The molecule has 0 aliphatic rings. The van der Waals surface area contributed by atoms with E-state index < -0.39 is 11.9 Å². The summed E-state index contributed by atoms with van der Waals surface area (Å²) < 4.78 is 0. The molecule has 6 heteroatoms. The SMILES string of the molecule is O=C([O-])c1ccc2c3cccc4c(C(=O)[O-])ccc(c5cccc1c52)c43.[Na+].[Na+]. The Labute approximate surface area is 204 Å². The number of carboxylic acids is 2. The molecule has 0 saturated heterocycles. The summed E-state index contributed by atoms with van der Waals surface area (Å²) in [5.41, 5.74) is 0.292. The largest absolute Gasteiger partial charge is 1.00 e. The van der Waals surface area contributed by atoms with Crippen LogP contribution in [0.15, 0.2) is 60.7 Å². The third-order valence-electron chi connectivity index (χ3n) is 5.10. The second kappa shape index (κ2) is 7.64. The van der Waals surface area contributed by atoms with E-state index in [1.54, 1.807) is 48.5 Å². The number of hydrogen-bond donors (Lipinski definition) is 0. The van der Waals surface area contributed by atoms with Crippen LogP contribution < -0.4 is 69.3 Å². The average Bonchev–Trinajstić information content (AvgIpc) is 2.64. The summed E-state index contributed by atoms with van der Waals surface area (Å²) in [7, 11) is 0. The van der Waals surface area contributed by atoms with Crippen LogP contribution in [-0.4, -0.2) is 11.9 Å². The van der Waals surface area contributed by atoms with E-state index in [2.05, 4.69) is 0 Å². The van der Waals surface area contributed by atoms with Gasteiger partial charge >= 0.3 is 59.1 Å². The number of aromatic carboxylic acids is 2. The van der Waals surface area contributed by atoms with E-state index in [1.165, 1.54) is 0 Å². The minimum Gasteiger partial charge on any atom is -0.545 e. The molecule has 0 spiro atoms. The van der Waals surface area contributed by atoms with Crippen molar-refractivity contribution >= 4 is 55.0 Å². The molecule has 0 bridgehead atoms. The van der Waals surface area contributed by atoms with Crippen molar-refractivity contribution in [2.24, 2.45) is 0 Å². The molecule has 0 N–H and O–H groups in total. The van der Waals surface area contributed by atoms with Gasteiger partial charge < -0.3 is 19.8 Å². The fourth-order valence-corrected chi connectivity index (χ4v) is 4.07. The number of carboxylic acid groups (broad SMARTS) is 2. The van der Waals surface area contributed by atoms with Gasteiger partial charge in [-0.2, -0.15) is 0 Å². The van der Waals surface area contributed by atoms with Gasteiger partial charge in [0, 0.05) is 11.1 Å². The van der Waals surface area contributed by atoms with Crippen molar-refractivity contribution < 1.29 is 78.9 Å². The van der Waals surface area contributed by atoms with Crippen LogP contribution in [-0.2, 0) is 0 Å². The van der Waals surface area contributed by atoms with Crippen LogP contribution in [0.25, 0.3) is 43.1 Å². The van der Waals surface area contributed by atoms with E-state index >= 15 is 0 Å². The monoisotopic (exact) mass is 384 g/mol. The summed E-state index contributed by atoms with van der Waals surface area (Å²) in [6.07, 6.45) is 0. The van der Waals surface area contributed by atoms with E-state index in [0.717, 1.165) is 32.3 Å². The molecule has 5 rings (SSSR count). The number of carbonyl (C=O) groups excluding carboxylic acids is 2. The molecule has 0 amide bonds. The Balaban J connectivity index is 0.00000112. The molecule has 0 aromatic heterocycles. The van der Waals surface area contributed by atoms with Gasteiger partial charge in [-0.3, -0.25) is 0 Å². The summed E-state index contributed by atoms with van der Waals surface area (Å²) in [4.78, 5) is 23.0. The topological polar surface area (TPSA) is 80.3 Å². The molecule has 5 aromatic carbocycles. The molecule has 5 aromatic rings. The van der Waals surface area contributed by atoms with Crippen molar-refractivity contribution in [1.29, 1.82) is 0 Å². The van der Waals surface area contributed by atoms with E-state index in [0.29, 0.717) is 10.8 Å². The standard InChI is InChI=1S/C22H12O4.2Na/c23-21(24)17-9-8-16-12-4-2-6-14-18(22(25)26)10-7-15(20(12)14)11-3-1-5-13(17)19(11)16;;/h1-10H,(H,23,24)(H,25,26);;/q;2*+1/p-2. The Morgan fingerprint density at radius 2 is 0.821 bits per heavy atom. The smallest absolute Gasteiger partial charge is 0.545 e. The molecule has 0 unspecified atom stereocenters. The average molecular weight is 384 g/mol. The van der Waals surface area contributed by atoms with Crippen LogP contribution in [0.3, 0.4) is 0 Å². The zero-order valence-corrected chi connectivity index (χ0v) is 19.4. The second-order valence-electron chi connectivity index (χ2n) is 6.35. The number of hydrogen-bond acceptors (Lipinski definition) is 4. The Hall–Kier alpha value is -1.66. The van der Waals surface area contributed by atoms with Gasteiger partial charge in [-0.25, -0.2) is 0 Å². The summed E-state index contributed by atoms with van der Waals surface area (Å²) in [5.74, 6) is -2.44. The summed E-state index contributed by atoms with van der Waals surface area (Å²) in [6.45, 7) is 0. The Bertz CT molecular complexity index is 1260. The van der Waals surface area contributed by atoms with E-state index in [-0.39, 0.29) is 70.2 Å². The van der Waals surface area contributed by atoms with Gasteiger partial charge in [-0.05, 0) is 43.1 Å². The number of fused-ring (bicyclic) bond motifs is 2. The number of benzene rings is 5. The van der Waals surface area contributed by atoms with Crippen LogP contribution in [0, 0.1) is 0 Å². The summed E-state index contributed by atoms with van der Waals surface area (Å²) in [5, 5.41) is 29.5. The van der Waals surface area contributed by atoms with Gasteiger partial charge in [0.1, 0.15) is 0 Å². The molecule has 0 atom stereocenters. The zero-order valence-electron chi connectivity index (χ0n) is 15.4. The molecule has 28 heavy (non-hydrogen) atoms. The summed E-state index contributed by atoms with van der Waals surface area (Å²) in [6, 6.07) is 17.6. The number of carbonyl (C=O) groups is 2. The fraction of sp³-hybridized carbons (Fsp3) is 0. The Kier molecular flexibility index (Phi) is 5.74. The third-order valence-corrected chi connectivity index (χ3v) is 5.10. The first-order valence-electron chi connectivity index (χ1n) is 8.13.